The van der Waals surface area contributed by atoms with E-state index in [-0.39, 0.29) is 24.4 Å². The van der Waals surface area contributed by atoms with E-state index in [9.17, 15) is 4.79 Å². The molecule has 0 aliphatic carbocycles. The summed E-state index contributed by atoms with van der Waals surface area (Å²) in [5, 5.41) is 2.84. The van der Waals surface area contributed by atoms with Crippen LogP contribution in [-0.2, 0) is 20.7 Å². The number of amides is 1. The van der Waals surface area contributed by atoms with Crippen molar-refractivity contribution in [2.45, 2.75) is 12.5 Å². The molecule has 1 heterocycles. The van der Waals surface area contributed by atoms with Gasteiger partial charge in [-0.05, 0) is 17.7 Å². The molecule has 1 amide bonds. The maximum Gasteiger partial charge on any atom is 0.224 e. The summed E-state index contributed by atoms with van der Waals surface area (Å²) in [6.07, 6.45) is 0.322. The number of halogens is 1. The summed E-state index contributed by atoms with van der Waals surface area (Å²) in [5.41, 5.74) is 7.23. The van der Waals surface area contributed by atoms with Crippen LogP contribution in [0.25, 0.3) is 0 Å². The number of nitrogens with two attached hydrogens (primary N) is 1. The van der Waals surface area contributed by atoms with E-state index < -0.39 is 0 Å². The summed E-state index contributed by atoms with van der Waals surface area (Å²) in [4.78, 5) is 11.7. The Hall–Kier alpha value is -1.30. The van der Waals surface area contributed by atoms with Gasteiger partial charge >= 0.3 is 0 Å². The number of ether oxygens (including phenoxy) is 2. The van der Waals surface area contributed by atoms with Gasteiger partial charge in [0.25, 0.3) is 0 Å². The molecule has 1 atom stereocenters. The molecule has 0 radical (unpaired) electrons. The van der Waals surface area contributed by atoms with Crippen molar-refractivity contribution in [2.75, 3.05) is 32.1 Å². The minimum atomic E-state index is -0.0332. The number of nitrogen functional groups attached to an aromatic ring is 1. The molecule has 3 N–H and O–H groups in total. The zero-order valence-corrected chi connectivity index (χ0v) is 11.4. The summed E-state index contributed by atoms with van der Waals surface area (Å²) in [5.74, 6) is -0.0195. The molecule has 5 nitrogen and oxygen atoms in total. The van der Waals surface area contributed by atoms with E-state index >= 15 is 0 Å². The van der Waals surface area contributed by atoms with Crippen LogP contribution in [0, 0.1) is 0 Å². The number of hydrogen-bond acceptors (Lipinski definition) is 4. The zero-order valence-electron chi connectivity index (χ0n) is 10.6. The normalized spacial score (nSPS) is 18.4. The van der Waals surface area contributed by atoms with E-state index in [1.165, 1.54) is 0 Å². The molecule has 2 rings (SSSR count). The molecule has 106 valence electrons. The first-order chi connectivity index (χ1) is 8.74. The molecule has 19 heavy (non-hydrogen) atoms. The topological polar surface area (TPSA) is 73.6 Å². The number of hydrogen-bond donors (Lipinski definition) is 2. The second-order valence-electron chi connectivity index (χ2n) is 4.29. The zero-order chi connectivity index (χ0) is 12.8. The van der Waals surface area contributed by atoms with Gasteiger partial charge in [-0.1, -0.05) is 12.1 Å². The van der Waals surface area contributed by atoms with E-state index in [1.807, 2.05) is 12.1 Å². The van der Waals surface area contributed by atoms with Crippen molar-refractivity contribution in [3.8, 4) is 0 Å². The van der Waals surface area contributed by atoms with Crippen molar-refractivity contribution < 1.29 is 14.3 Å². The van der Waals surface area contributed by atoms with Crippen LogP contribution in [0.1, 0.15) is 5.56 Å². The summed E-state index contributed by atoms with van der Waals surface area (Å²) < 4.78 is 10.7. The highest BCUT2D eigenvalue weighted by Crippen LogP contribution is 2.06. The highest BCUT2D eigenvalue weighted by molar-refractivity contribution is 5.85. The monoisotopic (exact) mass is 286 g/mol. The van der Waals surface area contributed by atoms with Gasteiger partial charge in [-0.15, -0.1) is 12.4 Å². The summed E-state index contributed by atoms with van der Waals surface area (Å²) in [6, 6.07) is 7.30. The fourth-order valence-electron chi connectivity index (χ4n) is 1.77. The van der Waals surface area contributed by atoms with Crippen LogP contribution >= 0.6 is 12.4 Å². The third-order valence-electron chi connectivity index (χ3n) is 2.76. The third-order valence-corrected chi connectivity index (χ3v) is 2.76. The second kappa shape index (κ2) is 7.99. The lowest BCUT2D eigenvalue weighted by atomic mass is 10.1. The molecule has 1 aliphatic heterocycles. The van der Waals surface area contributed by atoms with Gasteiger partial charge in [-0.3, -0.25) is 4.79 Å². The number of nitrogens with one attached hydrogen (secondary N) is 1. The number of benzene rings is 1. The minimum absolute atomic E-state index is 0. The average Bonchev–Trinajstić information content (AvgIpc) is 2.40. The van der Waals surface area contributed by atoms with Crippen LogP contribution in [0.5, 0.6) is 0 Å². The molecule has 1 aromatic rings. The van der Waals surface area contributed by atoms with Crippen LogP contribution in [0.15, 0.2) is 24.3 Å². The van der Waals surface area contributed by atoms with E-state index in [0.717, 1.165) is 5.56 Å². The van der Waals surface area contributed by atoms with Crippen molar-refractivity contribution in [3.63, 3.8) is 0 Å². The van der Waals surface area contributed by atoms with E-state index in [0.29, 0.717) is 38.5 Å². The highest BCUT2D eigenvalue weighted by atomic mass is 35.5. The first-order valence-corrected chi connectivity index (χ1v) is 6.04. The lowest BCUT2D eigenvalue weighted by Crippen LogP contribution is -2.40. The maximum atomic E-state index is 11.7. The van der Waals surface area contributed by atoms with Gasteiger partial charge in [0.1, 0.15) is 0 Å². The molecule has 1 saturated heterocycles. The van der Waals surface area contributed by atoms with Crippen molar-refractivity contribution >= 4 is 24.0 Å². The van der Waals surface area contributed by atoms with Gasteiger partial charge < -0.3 is 20.5 Å². The Morgan fingerprint density at radius 2 is 2.05 bits per heavy atom. The number of anilines is 1. The predicted molar refractivity (Wildman–Crippen MR) is 75.4 cm³/mol. The van der Waals surface area contributed by atoms with Crippen LogP contribution in [-0.4, -0.2) is 38.4 Å². The van der Waals surface area contributed by atoms with Crippen molar-refractivity contribution in [2.24, 2.45) is 0 Å². The Morgan fingerprint density at radius 1 is 1.32 bits per heavy atom. The fourth-order valence-corrected chi connectivity index (χ4v) is 1.77. The summed E-state index contributed by atoms with van der Waals surface area (Å²) in [7, 11) is 0. The number of carbonyl (C=O) groups excluding carboxylic acids is 1. The Bertz CT molecular complexity index is 391. The standard InChI is InChI=1S/C13H18N2O3.ClH/c14-11-3-1-10(2-4-11)7-13(16)15-8-12-9-17-5-6-18-12;/h1-4,12H,5-9,14H2,(H,15,16);1H. The molecule has 0 spiro atoms. The third kappa shape index (κ3) is 5.46. The minimum Gasteiger partial charge on any atom is -0.399 e. The van der Waals surface area contributed by atoms with Gasteiger partial charge in [0.05, 0.1) is 32.3 Å². The summed E-state index contributed by atoms with van der Waals surface area (Å²) >= 11 is 0. The summed E-state index contributed by atoms with van der Waals surface area (Å²) in [6.45, 7) is 2.27. The quantitative estimate of drug-likeness (QED) is 0.802. The molecule has 1 unspecified atom stereocenters. The van der Waals surface area contributed by atoms with Gasteiger partial charge in [0.2, 0.25) is 5.91 Å². The Labute approximate surface area is 118 Å². The fraction of sp³-hybridized carbons (Fsp3) is 0.462. The van der Waals surface area contributed by atoms with Crippen molar-refractivity contribution in [1.82, 2.24) is 5.32 Å². The first-order valence-electron chi connectivity index (χ1n) is 6.04. The predicted octanol–water partition coefficient (Wildman–Crippen LogP) is 0.765. The van der Waals surface area contributed by atoms with Crippen molar-refractivity contribution in [1.29, 1.82) is 0 Å². The smallest absolute Gasteiger partial charge is 0.224 e. The molecule has 0 bridgehead atoms. The Kier molecular flexibility index (Phi) is 6.62. The molecular formula is C13H19ClN2O3. The Balaban J connectivity index is 0.00000180. The van der Waals surface area contributed by atoms with Crippen LogP contribution in [0.3, 0.4) is 0 Å². The lowest BCUT2D eigenvalue weighted by molar-refractivity contribution is -0.123. The van der Waals surface area contributed by atoms with Crippen LogP contribution < -0.4 is 11.1 Å². The van der Waals surface area contributed by atoms with Crippen LogP contribution in [0.2, 0.25) is 0 Å². The van der Waals surface area contributed by atoms with Crippen molar-refractivity contribution in [3.05, 3.63) is 29.8 Å². The van der Waals surface area contributed by atoms with Gasteiger partial charge in [0.15, 0.2) is 0 Å². The first kappa shape index (κ1) is 15.8. The van der Waals surface area contributed by atoms with E-state index in [2.05, 4.69) is 5.32 Å². The molecule has 0 saturated carbocycles. The molecule has 6 heteroatoms. The molecular weight excluding hydrogens is 268 g/mol. The number of rotatable bonds is 4. The highest BCUT2D eigenvalue weighted by Gasteiger charge is 2.15. The molecule has 1 aliphatic rings. The van der Waals surface area contributed by atoms with E-state index in [4.69, 9.17) is 15.2 Å². The van der Waals surface area contributed by atoms with E-state index in [1.54, 1.807) is 12.1 Å². The lowest BCUT2D eigenvalue weighted by Gasteiger charge is -2.23. The molecule has 1 fully saturated rings. The molecule has 0 aromatic heterocycles. The Morgan fingerprint density at radius 3 is 2.68 bits per heavy atom. The van der Waals surface area contributed by atoms with Gasteiger partial charge in [0, 0.05) is 12.2 Å². The maximum absolute atomic E-state index is 11.7. The molecule has 1 aromatic carbocycles. The largest absolute Gasteiger partial charge is 0.399 e. The number of carbonyl (C=O) groups is 1. The van der Waals surface area contributed by atoms with Gasteiger partial charge in [-0.2, -0.15) is 0 Å². The van der Waals surface area contributed by atoms with Gasteiger partial charge in [-0.25, -0.2) is 0 Å². The second-order valence-corrected chi connectivity index (χ2v) is 4.29. The van der Waals surface area contributed by atoms with Crippen LogP contribution in [0.4, 0.5) is 5.69 Å². The average molecular weight is 287 g/mol. The SMILES string of the molecule is Cl.Nc1ccc(CC(=O)NCC2COCCO2)cc1.